The van der Waals surface area contributed by atoms with Crippen LogP contribution < -0.4 is 0 Å². The number of halogens is 1. The molecule has 1 amide bonds. The summed E-state index contributed by atoms with van der Waals surface area (Å²) in [6.07, 6.45) is 2.68. The number of thiophene rings is 1. The van der Waals surface area contributed by atoms with Crippen LogP contribution in [-0.2, 0) is 0 Å². The molecule has 2 fully saturated rings. The molecular weight excluding hydrogens is 430 g/mol. The molecule has 0 aliphatic carbocycles. The number of piperazine rings is 1. The lowest BCUT2D eigenvalue weighted by Gasteiger charge is -2.35. The van der Waals surface area contributed by atoms with Crippen LogP contribution in [0.1, 0.15) is 28.2 Å². The van der Waals surface area contributed by atoms with E-state index in [0.717, 1.165) is 65.7 Å². The second-order valence-corrected chi connectivity index (χ2v) is 9.90. The van der Waals surface area contributed by atoms with E-state index in [4.69, 9.17) is 11.6 Å². The molecule has 2 saturated heterocycles. The summed E-state index contributed by atoms with van der Waals surface area (Å²) >= 11 is 7.91. The second kappa shape index (κ2) is 8.90. The van der Waals surface area contributed by atoms with E-state index in [9.17, 15) is 4.79 Å². The number of rotatable bonds is 5. The molecule has 164 valence electrons. The number of nitrogens with zero attached hydrogens (tertiary/aromatic N) is 5. The van der Waals surface area contributed by atoms with Gasteiger partial charge < -0.3 is 9.80 Å². The topological polar surface area (TPSA) is 44.6 Å². The minimum Gasteiger partial charge on any atom is -0.335 e. The van der Waals surface area contributed by atoms with Crippen LogP contribution in [0.5, 0.6) is 0 Å². The van der Waals surface area contributed by atoms with Gasteiger partial charge in [0.15, 0.2) is 0 Å². The highest BCUT2D eigenvalue weighted by Crippen LogP contribution is 2.33. The van der Waals surface area contributed by atoms with Crippen molar-refractivity contribution >= 4 is 39.1 Å². The van der Waals surface area contributed by atoms with Gasteiger partial charge in [0, 0.05) is 44.7 Å². The van der Waals surface area contributed by atoms with E-state index in [1.54, 1.807) is 0 Å². The lowest BCUT2D eigenvalue weighted by molar-refractivity contribution is 0.0631. The van der Waals surface area contributed by atoms with Crippen LogP contribution in [0.4, 0.5) is 0 Å². The molecule has 0 N–H and O–H groups in total. The molecule has 1 aromatic carbocycles. The zero-order valence-electron chi connectivity index (χ0n) is 17.9. The highest BCUT2D eigenvalue weighted by Gasteiger charge is 2.25. The average Bonchev–Trinajstić information content (AvgIpc) is 3.51. The summed E-state index contributed by atoms with van der Waals surface area (Å²) in [7, 11) is 0. The molecule has 0 bridgehead atoms. The number of benzene rings is 1. The van der Waals surface area contributed by atoms with E-state index in [2.05, 4.69) is 14.9 Å². The van der Waals surface area contributed by atoms with Crippen molar-refractivity contribution < 1.29 is 4.79 Å². The molecule has 2 aliphatic heterocycles. The number of aromatic nitrogens is 2. The lowest BCUT2D eigenvalue weighted by Crippen LogP contribution is -2.50. The minimum atomic E-state index is 0.130. The Morgan fingerprint density at radius 1 is 1.03 bits per heavy atom. The third kappa shape index (κ3) is 4.24. The molecule has 31 heavy (non-hydrogen) atoms. The highest BCUT2D eigenvalue weighted by atomic mass is 35.5. The maximum absolute atomic E-state index is 13.2. The van der Waals surface area contributed by atoms with Crippen LogP contribution in [0, 0.1) is 6.92 Å². The van der Waals surface area contributed by atoms with Crippen molar-refractivity contribution in [1.82, 2.24) is 24.5 Å². The molecule has 5 rings (SSSR count). The quantitative estimate of drug-likeness (QED) is 0.582. The average molecular weight is 458 g/mol. The normalized spacial score (nSPS) is 18.3. The zero-order valence-corrected chi connectivity index (χ0v) is 19.5. The maximum Gasteiger partial charge on any atom is 0.264 e. The number of para-hydroxylation sites is 1. The van der Waals surface area contributed by atoms with Gasteiger partial charge in [0.1, 0.15) is 4.83 Å². The molecule has 2 aromatic heterocycles. The smallest absolute Gasteiger partial charge is 0.264 e. The van der Waals surface area contributed by atoms with Gasteiger partial charge in [-0.05, 0) is 51.1 Å². The first-order chi connectivity index (χ1) is 15.1. The monoisotopic (exact) mass is 457 g/mol. The van der Waals surface area contributed by atoms with Gasteiger partial charge in [0.05, 0.1) is 21.3 Å². The second-order valence-electron chi connectivity index (χ2n) is 8.46. The summed E-state index contributed by atoms with van der Waals surface area (Å²) in [5.41, 5.74) is 1.76. The Kier molecular flexibility index (Phi) is 6.01. The SMILES string of the molecule is Cc1nn(-c2ccccc2Cl)c2sc(C(=O)N3CCN(CCN4CCCC4)CC3)cc12. The summed E-state index contributed by atoms with van der Waals surface area (Å²) < 4.78 is 1.87. The van der Waals surface area contributed by atoms with Gasteiger partial charge >= 0.3 is 0 Å². The number of hydrogen-bond donors (Lipinski definition) is 0. The zero-order chi connectivity index (χ0) is 21.4. The summed E-state index contributed by atoms with van der Waals surface area (Å²) in [6, 6.07) is 9.68. The number of carbonyl (C=O) groups excluding carboxylic acids is 1. The van der Waals surface area contributed by atoms with E-state index in [1.807, 2.05) is 46.8 Å². The number of likely N-dealkylation sites (tertiary alicyclic amines) is 1. The Balaban J connectivity index is 1.27. The fourth-order valence-electron chi connectivity index (χ4n) is 4.56. The highest BCUT2D eigenvalue weighted by molar-refractivity contribution is 7.20. The Morgan fingerprint density at radius 3 is 2.42 bits per heavy atom. The first kappa shape index (κ1) is 20.9. The van der Waals surface area contributed by atoms with Crippen LogP contribution in [-0.4, -0.2) is 82.7 Å². The summed E-state index contributed by atoms with van der Waals surface area (Å²) in [4.78, 5) is 22.0. The molecule has 6 nitrogen and oxygen atoms in total. The summed E-state index contributed by atoms with van der Waals surface area (Å²) in [6.45, 7) is 10.2. The van der Waals surface area contributed by atoms with Crippen molar-refractivity contribution in [3.05, 3.63) is 45.9 Å². The van der Waals surface area contributed by atoms with Crippen LogP contribution in [0.25, 0.3) is 15.9 Å². The summed E-state index contributed by atoms with van der Waals surface area (Å²) in [5, 5.41) is 6.34. The van der Waals surface area contributed by atoms with Gasteiger partial charge in [-0.25, -0.2) is 4.68 Å². The lowest BCUT2D eigenvalue weighted by atomic mass is 10.2. The first-order valence-corrected chi connectivity index (χ1v) is 12.3. The molecule has 0 radical (unpaired) electrons. The van der Waals surface area contributed by atoms with E-state index in [0.29, 0.717) is 5.02 Å². The van der Waals surface area contributed by atoms with Gasteiger partial charge in [-0.1, -0.05) is 23.7 Å². The van der Waals surface area contributed by atoms with E-state index in [-0.39, 0.29) is 5.91 Å². The van der Waals surface area contributed by atoms with Crippen molar-refractivity contribution in [2.45, 2.75) is 19.8 Å². The number of fused-ring (bicyclic) bond motifs is 1. The standard InChI is InChI=1S/C23H28ClN5OS/c1-17-18-16-21(31-23(18)29(25-17)20-7-3-2-6-19(20)24)22(30)28-14-12-27(13-15-28)11-10-26-8-4-5-9-26/h2-3,6-7,16H,4-5,8-15H2,1H3. The molecule has 0 saturated carbocycles. The molecule has 0 atom stereocenters. The molecule has 8 heteroatoms. The van der Waals surface area contributed by atoms with Gasteiger partial charge in [0.2, 0.25) is 0 Å². The van der Waals surface area contributed by atoms with E-state index < -0.39 is 0 Å². The number of amides is 1. The predicted octanol–water partition coefficient (Wildman–Crippen LogP) is 3.90. The van der Waals surface area contributed by atoms with E-state index in [1.165, 1.54) is 37.3 Å². The van der Waals surface area contributed by atoms with Crippen LogP contribution in [0.15, 0.2) is 30.3 Å². The largest absolute Gasteiger partial charge is 0.335 e. The first-order valence-electron chi connectivity index (χ1n) is 11.1. The van der Waals surface area contributed by atoms with Crippen molar-refractivity contribution in [2.75, 3.05) is 52.4 Å². The van der Waals surface area contributed by atoms with Crippen LogP contribution in [0.3, 0.4) is 0 Å². The third-order valence-electron chi connectivity index (χ3n) is 6.43. The minimum absolute atomic E-state index is 0.130. The van der Waals surface area contributed by atoms with Crippen molar-refractivity contribution in [3.63, 3.8) is 0 Å². The molecular formula is C23H28ClN5OS. The Bertz CT molecular complexity index is 1080. The number of aryl methyl sites for hydroxylation is 1. The third-order valence-corrected chi connectivity index (χ3v) is 7.84. The Hall–Kier alpha value is -1.93. The number of hydrogen-bond acceptors (Lipinski definition) is 5. The van der Waals surface area contributed by atoms with Gasteiger partial charge in [0.25, 0.3) is 5.91 Å². The summed E-state index contributed by atoms with van der Waals surface area (Å²) in [5.74, 6) is 0.130. The fourth-order valence-corrected chi connectivity index (χ4v) is 5.92. The molecule has 0 unspecified atom stereocenters. The van der Waals surface area contributed by atoms with Crippen molar-refractivity contribution in [1.29, 1.82) is 0 Å². The van der Waals surface area contributed by atoms with Gasteiger partial charge in [-0.15, -0.1) is 11.3 Å². The van der Waals surface area contributed by atoms with Crippen LogP contribution >= 0.6 is 22.9 Å². The fraction of sp³-hybridized carbons (Fsp3) is 0.478. The Labute approximate surface area is 192 Å². The number of carbonyl (C=O) groups is 1. The van der Waals surface area contributed by atoms with Crippen molar-refractivity contribution in [2.24, 2.45) is 0 Å². The van der Waals surface area contributed by atoms with Crippen molar-refractivity contribution in [3.8, 4) is 5.69 Å². The maximum atomic E-state index is 13.2. The van der Waals surface area contributed by atoms with Crippen LogP contribution in [0.2, 0.25) is 5.02 Å². The molecule has 2 aliphatic rings. The Morgan fingerprint density at radius 2 is 1.71 bits per heavy atom. The molecule has 0 spiro atoms. The van der Waals surface area contributed by atoms with E-state index >= 15 is 0 Å². The van der Waals surface area contributed by atoms with Gasteiger partial charge in [-0.3, -0.25) is 9.69 Å². The van der Waals surface area contributed by atoms with Gasteiger partial charge in [-0.2, -0.15) is 5.10 Å². The molecule has 3 aromatic rings. The molecule has 4 heterocycles. The predicted molar refractivity (Wildman–Crippen MR) is 127 cm³/mol.